The number of unbranched alkanes of at least 4 members (excludes halogenated alkanes) is 2. The Bertz CT molecular complexity index is 2000. The number of rotatable bonds is 17. The van der Waals surface area contributed by atoms with Crippen LogP contribution in [0.5, 0.6) is 0 Å². The van der Waals surface area contributed by atoms with Crippen LogP contribution >= 0.6 is 0 Å². The van der Waals surface area contributed by atoms with Crippen molar-refractivity contribution in [2.24, 2.45) is 0 Å². The van der Waals surface area contributed by atoms with Crippen molar-refractivity contribution in [2.75, 3.05) is 52.0 Å². The van der Waals surface area contributed by atoms with E-state index in [0.717, 1.165) is 65.3 Å². The molecule has 0 spiro atoms. The molecule has 0 amide bonds. The second-order valence-corrected chi connectivity index (χ2v) is 16.2. The van der Waals surface area contributed by atoms with E-state index in [-0.39, 0.29) is 16.7 Å². The van der Waals surface area contributed by atoms with Crippen molar-refractivity contribution in [3.8, 4) is 11.3 Å². The third kappa shape index (κ3) is 10.9. The number of fused-ring (bicyclic) bond motifs is 2. The molecule has 0 fully saturated rings. The van der Waals surface area contributed by atoms with Gasteiger partial charge in [0.2, 0.25) is 5.36 Å². The lowest BCUT2D eigenvalue weighted by Crippen LogP contribution is -2.35. The summed E-state index contributed by atoms with van der Waals surface area (Å²) in [7, 11) is -0.963. The normalized spacial score (nSPS) is 15.5. The van der Waals surface area contributed by atoms with Crippen LogP contribution in [0.3, 0.4) is 0 Å². The molecule has 53 heavy (non-hydrogen) atoms. The van der Waals surface area contributed by atoms with Crippen LogP contribution in [0.2, 0.25) is 0 Å². The summed E-state index contributed by atoms with van der Waals surface area (Å²) in [5.74, 6) is 0.739. The zero-order chi connectivity index (χ0) is 38.8. The number of carboxylic acids is 1. The van der Waals surface area contributed by atoms with Crippen LogP contribution in [-0.4, -0.2) is 71.1 Å². The molecule has 0 atom stereocenters. The summed E-state index contributed by atoms with van der Waals surface area (Å²) in [4.78, 5) is 13.0. The number of hydrogen-bond donors (Lipinski definition) is 2. The molecule has 10 nitrogen and oxygen atoms in total. The van der Waals surface area contributed by atoms with Crippen LogP contribution in [0.15, 0.2) is 93.9 Å². The van der Waals surface area contributed by atoms with Crippen LogP contribution in [0, 0.1) is 0 Å². The average Bonchev–Trinajstić information content (AvgIpc) is 3.30. The van der Waals surface area contributed by atoms with Crippen LogP contribution in [0.4, 0.5) is 5.69 Å². The average molecular weight is 748 g/mol. The van der Waals surface area contributed by atoms with Gasteiger partial charge in [0.15, 0.2) is 13.1 Å². The van der Waals surface area contributed by atoms with E-state index in [2.05, 4.69) is 54.5 Å². The van der Waals surface area contributed by atoms with Crippen molar-refractivity contribution in [2.45, 2.75) is 76.0 Å². The fourth-order valence-electron chi connectivity index (χ4n) is 6.64. The van der Waals surface area contributed by atoms with Gasteiger partial charge in [-0.25, -0.2) is 4.58 Å². The molecule has 286 valence electrons. The van der Waals surface area contributed by atoms with Crippen molar-refractivity contribution in [1.82, 2.24) is 4.58 Å². The minimum Gasteiger partial charge on any atom is -0.481 e. The van der Waals surface area contributed by atoms with Gasteiger partial charge in [-0.15, -0.1) is 0 Å². The van der Waals surface area contributed by atoms with Gasteiger partial charge in [0.25, 0.3) is 10.1 Å². The first kappa shape index (κ1) is 41.5. The first-order chi connectivity index (χ1) is 25.1. The summed E-state index contributed by atoms with van der Waals surface area (Å²) in [5, 5.41) is 10.1. The van der Waals surface area contributed by atoms with Gasteiger partial charge in [0, 0.05) is 55.6 Å². The Balaban J connectivity index is 1.59. The van der Waals surface area contributed by atoms with Gasteiger partial charge in [-0.2, -0.15) is 8.42 Å². The number of carboxylic acid groups (broad SMARTS) is 1. The molecule has 1 aromatic rings. The third-order valence-electron chi connectivity index (χ3n) is 9.47. The van der Waals surface area contributed by atoms with Crippen LogP contribution in [0.25, 0.3) is 17.4 Å². The highest BCUT2D eigenvalue weighted by Gasteiger charge is 2.40. The Morgan fingerprint density at radius 3 is 2.25 bits per heavy atom. The predicted octanol–water partition coefficient (Wildman–Crippen LogP) is 7.45. The van der Waals surface area contributed by atoms with E-state index in [9.17, 15) is 17.8 Å². The summed E-state index contributed by atoms with van der Waals surface area (Å²) >= 11 is 0. The number of aliphatic carboxylic acids is 1. The Hall–Kier alpha value is -4.29. The molecule has 0 saturated heterocycles. The third-order valence-corrected chi connectivity index (χ3v) is 10.3. The highest BCUT2D eigenvalue weighted by Crippen LogP contribution is 2.48. The van der Waals surface area contributed by atoms with Gasteiger partial charge < -0.3 is 23.9 Å². The molecule has 11 heteroatoms. The summed E-state index contributed by atoms with van der Waals surface area (Å²) in [6.45, 7) is 14.0. The van der Waals surface area contributed by atoms with E-state index in [1.807, 2.05) is 56.4 Å². The van der Waals surface area contributed by atoms with Gasteiger partial charge in [-0.3, -0.25) is 9.35 Å². The first-order valence-corrected chi connectivity index (χ1v) is 19.5. The van der Waals surface area contributed by atoms with E-state index in [0.29, 0.717) is 26.2 Å². The van der Waals surface area contributed by atoms with E-state index in [1.54, 1.807) is 26.4 Å². The Morgan fingerprint density at radius 1 is 0.925 bits per heavy atom. The maximum Gasteiger partial charge on any atom is 0.303 e. The Labute approximate surface area is 314 Å². The van der Waals surface area contributed by atoms with Crippen molar-refractivity contribution in [3.63, 3.8) is 0 Å². The number of carbonyl (C=O) groups is 1. The topological polar surface area (TPSA) is 130 Å². The molecule has 2 heterocycles. The van der Waals surface area contributed by atoms with Crippen molar-refractivity contribution in [1.29, 1.82) is 0 Å². The van der Waals surface area contributed by atoms with Gasteiger partial charge in [0.05, 0.1) is 11.0 Å². The molecule has 3 aliphatic rings. The maximum absolute atomic E-state index is 12.0. The zero-order valence-corrected chi connectivity index (χ0v) is 32.9. The summed E-state index contributed by atoms with van der Waals surface area (Å²) in [6.07, 6.45) is 15.9. The quantitative estimate of drug-likeness (QED) is 0.0626. The minimum atomic E-state index is -4.36. The van der Waals surface area contributed by atoms with E-state index in [4.69, 9.17) is 19.0 Å². The number of benzene rings is 2. The molecule has 0 saturated carbocycles. The van der Waals surface area contributed by atoms with Crippen molar-refractivity contribution >= 4 is 27.9 Å². The summed E-state index contributed by atoms with van der Waals surface area (Å²) in [5.41, 5.74) is 4.26. The lowest BCUT2D eigenvalue weighted by atomic mass is 9.83. The highest BCUT2D eigenvalue weighted by atomic mass is 32.2. The van der Waals surface area contributed by atoms with Gasteiger partial charge >= 0.3 is 5.97 Å². The number of ether oxygens (including phenoxy) is 2. The zero-order valence-electron chi connectivity index (χ0n) is 32.1. The molecule has 0 radical (unpaired) electrons. The van der Waals surface area contributed by atoms with Crippen LogP contribution in [0.1, 0.15) is 77.2 Å². The molecule has 1 aliphatic carbocycles. The van der Waals surface area contributed by atoms with E-state index < -0.39 is 21.5 Å². The summed E-state index contributed by atoms with van der Waals surface area (Å²) < 4.78 is 53.0. The fraction of sp³-hybridized carbons (Fsp3) is 0.429. The summed E-state index contributed by atoms with van der Waals surface area (Å²) in [6, 6.07) is 13.1. The fourth-order valence-corrected chi connectivity index (χ4v) is 7.14. The Kier molecular flexibility index (Phi) is 14.2. The highest BCUT2D eigenvalue weighted by molar-refractivity contribution is 7.85. The number of anilines is 1. The smallest absolute Gasteiger partial charge is 0.303 e. The van der Waals surface area contributed by atoms with Gasteiger partial charge in [0.1, 0.15) is 24.7 Å². The molecule has 4 rings (SSSR count). The molecule has 1 aromatic carbocycles. The molecule has 0 aromatic heterocycles. The van der Waals surface area contributed by atoms with Gasteiger partial charge in [-0.05, 0) is 71.9 Å². The predicted molar refractivity (Wildman–Crippen MR) is 211 cm³/mol. The molecular formula is C42H55N2O8S+. The molecular weight excluding hydrogens is 693 g/mol. The number of methoxy groups -OCH3 is 2. The second-order valence-electron chi connectivity index (χ2n) is 14.8. The minimum absolute atomic E-state index is 0.106. The van der Waals surface area contributed by atoms with E-state index in [1.165, 1.54) is 11.6 Å². The van der Waals surface area contributed by atoms with Crippen LogP contribution < -0.4 is 14.8 Å². The number of nitrogens with zero attached hydrogens (tertiary/aromatic N) is 2. The molecule has 0 unspecified atom stereocenters. The molecule has 2 aliphatic heterocycles. The first-order valence-electron chi connectivity index (χ1n) is 18.1. The molecule has 0 bridgehead atoms. The standard InChI is InChI=1S/C42H54N2O8S/c1-41(2,3)35-29-32(52-38-28-31(19-21-34(35)38)43(24-26-50-6)25-27-51-7)16-12-9-8-10-13-17-39-42(4,5)36-30-33(53(47,48)49)20-22-37(36)44(39)23-15-11-14-18-40(45)46/h8-10,12-13,16-17,19-22,28-30H,11,14-15,18,23-27H2,1-7H3,(H-,45,46,47,48,49)/p+1. The van der Waals surface area contributed by atoms with Crippen LogP contribution in [-0.2, 0) is 35.2 Å². The maximum atomic E-state index is 12.0. The Morgan fingerprint density at radius 2 is 1.60 bits per heavy atom. The van der Waals surface area contributed by atoms with Gasteiger partial charge in [-0.1, -0.05) is 71.4 Å². The lowest BCUT2D eigenvalue weighted by molar-refractivity contribution is -0.137. The number of allylic oxidation sites excluding steroid dienone is 7. The van der Waals surface area contributed by atoms with Crippen molar-refractivity contribution < 1.29 is 36.8 Å². The van der Waals surface area contributed by atoms with E-state index >= 15 is 0 Å². The van der Waals surface area contributed by atoms with Crippen molar-refractivity contribution in [3.05, 3.63) is 107 Å². The largest absolute Gasteiger partial charge is 0.481 e. The monoisotopic (exact) mass is 747 g/mol. The second kappa shape index (κ2) is 18.2. The SMILES string of the molecule is COCC[N+](CCOC)=c1ccc2c(C(C)(C)C)cc(C=CC=CC=CC=C3N(CCCCCC(=O)O)c4ccc(S(=O)(=O)O)cc4C3(C)C)oc-2c1. The number of hydrogen-bond acceptors (Lipinski definition) is 7. The molecule has 2 N–H and O–H groups in total. The lowest BCUT2D eigenvalue weighted by Gasteiger charge is -2.27.